The van der Waals surface area contributed by atoms with E-state index < -0.39 is 12.1 Å². The molecule has 0 aliphatic carbocycles. The Bertz CT molecular complexity index is 547. The van der Waals surface area contributed by atoms with E-state index in [1.54, 1.807) is 25.1 Å². The van der Waals surface area contributed by atoms with E-state index in [0.29, 0.717) is 22.9 Å². The van der Waals surface area contributed by atoms with Gasteiger partial charge < -0.3 is 10.1 Å². The maximum Gasteiger partial charge on any atom is 0.250 e. The van der Waals surface area contributed by atoms with Gasteiger partial charge in [0.25, 0.3) is 0 Å². The Kier molecular flexibility index (Phi) is 4.18. The van der Waals surface area contributed by atoms with Gasteiger partial charge in [0.05, 0.1) is 17.8 Å². The molecule has 2 rings (SSSR count). The molecular weight excluding hydrogens is 280 g/mol. The lowest BCUT2D eigenvalue weighted by atomic mass is 10.0. The van der Waals surface area contributed by atoms with E-state index in [9.17, 15) is 9.59 Å². The maximum atomic E-state index is 12.4. The van der Waals surface area contributed by atoms with Crippen molar-refractivity contribution in [3.63, 3.8) is 0 Å². The Hall–Kier alpha value is -1.75. The first-order valence-electron chi connectivity index (χ1n) is 6.46. The number of carbonyl (C=O) groups is 2. The van der Waals surface area contributed by atoms with Crippen molar-refractivity contribution in [2.45, 2.75) is 32.4 Å². The highest BCUT2D eigenvalue weighted by atomic mass is 35.5. The number of ether oxygens (including phenoxy) is 1. The van der Waals surface area contributed by atoms with Gasteiger partial charge in [-0.3, -0.25) is 14.5 Å². The summed E-state index contributed by atoms with van der Waals surface area (Å²) in [6, 6.07) is 3.93. The Morgan fingerprint density at radius 1 is 1.40 bits per heavy atom. The molecule has 0 radical (unpaired) electrons. The topological polar surface area (TPSA) is 58.6 Å². The van der Waals surface area contributed by atoms with Crippen LogP contribution in [0.5, 0.6) is 5.75 Å². The zero-order chi connectivity index (χ0) is 14.9. The van der Waals surface area contributed by atoms with E-state index in [4.69, 9.17) is 16.3 Å². The molecule has 2 amide bonds. The number of halogens is 1. The first-order chi connectivity index (χ1) is 9.49. The van der Waals surface area contributed by atoms with Gasteiger partial charge in [0.15, 0.2) is 0 Å². The zero-order valence-electron chi connectivity index (χ0n) is 11.6. The van der Waals surface area contributed by atoms with Gasteiger partial charge in [-0.25, -0.2) is 0 Å². The number of amides is 2. The number of piperazine rings is 1. The molecule has 1 aliphatic rings. The van der Waals surface area contributed by atoms with E-state index in [0.717, 1.165) is 0 Å². The predicted molar refractivity (Wildman–Crippen MR) is 77.2 cm³/mol. The van der Waals surface area contributed by atoms with Gasteiger partial charge in [-0.15, -0.1) is 0 Å². The molecule has 1 fully saturated rings. The second-order valence-corrected chi connectivity index (χ2v) is 5.09. The molecule has 0 aromatic heterocycles. The summed E-state index contributed by atoms with van der Waals surface area (Å²) in [6.07, 6.45) is 0.512. The summed E-state index contributed by atoms with van der Waals surface area (Å²) in [4.78, 5) is 25.9. The largest absolute Gasteiger partial charge is 0.497 e. The fourth-order valence-electron chi connectivity index (χ4n) is 2.31. The van der Waals surface area contributed by atoms with Crippen LogP contribution < -0.4 is 15.0 Å². The molecule has 6 heteroatoms. The summed E-state index contributed by atoms with van der Waals surface area (Å²) in [6.45, 7) is 3.52. The summed E-state index contributed by atoms with van der Waals surface area (Å²) in [5.41, 5.74) is 0.504. The summed E-state index contributed by atoms with van der Waals surface area (Å²) in [5, 5.41) is 3.09. The van der Waals surface area contributed by atoms with Crippen LogP contribution in [0.1, 0.15) is 20.3 Å². The maximum absolute atomic E-state index is 12.4. The monoisotopic (exact) mass is 296 g/mol. The van der Waals surface area contributed by atoms with Crippen molar-refractivity contribution in [1.29, 1.82) is 0 Å². The number of carbonyl (C=O) groups excluding carboxylic acids is 2. The number of benzene rings is 1. The normalized spacial score (nSPS) is 22.7. The van der Waals surface area contributed by atoms with Gasteiger partial charge >= 0.3 is 0 Å². The predicted octanol–water partition coefficient (Wildman–Crippen LogP) is 1.98. The Balaban J connectivity index is 2.51. The third-order valence-electron chi connectivity index (χ3n) is 3.38. The van der Waals surface area contributed by atoms with Gasteiger partial charge in [-0.05, 0) is 25.5 Å². The lowest BCUT2D eigenvalue weighted by Crippen LogP contribution is -2.62. The van der Waals surface area contributed by atoms with Gasteiger partial charge in [0.1, 0.15) is 17.8 Å². The van der Waals surface area contributed by atoms with Crippen molar-refractivity contribution >= 4 is 29.1 Å². The second-order valence-electron chi connectivity index (χ2n) is 4.68. The van der Waals surface area contributed by atoms with Gasteiger partial charge in [-0.2, -0.15) is 0 Å². The Morgan fingerprint density at radius 2 is 2.10 bits per heavy atom. The average molecular weight is 297 g/mol. The summed E-state index contributed by atoms with van der Waals surface area (Å²) < 4.78 is 5.16. The van der Waals surface area contributed by atoms with Crippen LogP contribution in [-0.2, 0) is 9.59 Å². The molecule has 1 N–H and O–H groups in total. The standard InChI is InChI=1S/C14H17ClN2O3/c1-4-11-13(18)16-8(2)14(19)17(11)12-7-9(20-3)5-6-10(12)15/h5-8,11H,4H2,1-3H3,(H,16,18). The fourth-order valence-corrected chi connectivity index (χ4v) is 2.52. The fraction of sp³-hybridized carbons (Fsp3) is 0.429. The van der Waals surface area contributed by atoms with Gasteiger partial charge in [-0.1, -0.05) is 18.5 Å². The van der Waals surface area contributed by atoms with Crippen molar-refractivity contribution < 1.29 is 14.3 Å². The summed E-state index contributed by atoms with van der Waals surface area (Å²) in [7, 11) is 1.54. The van der Waals surface area contributed by atoms with E-state index in [1.165, 1.54) is 12.0 Å². The number of hydrogen-bond donors (Lipinski definition) is 1. The SMILES string of the molecule is CCC1C(=O)NC(C)C(=O)N1c1cc(OC)ccc1Cl. The van der Waals surface area contributed by atoms with Gasteiger partial charge in [0.2, 0.25) is 11.8 Å². The molecule has 1 heterocycles. The molecule has 0 saturated carbocycles. The highest BCUT2D eigenvalue weighted by Crippen LogP contribution is 2.33. The number of methoxy groups -OCH3 is 1. The minimum absolute atomic E-state index is 0.168. The molecule has 2 unspecified atom stereocenters. The molecule has 0 spiro atoms. The summed E-state index contributed by atoms with van der Waals surface area (Å²) in [5.74, 6) is 0.246. The van der Waals surface area contributed by atoms with Gasteiger partial charge in [0, 0.05) is 6.07 Å². The lowest BCUT2D eigenvalue weighted by molar-refractivity contribution is -0.133. The third kappa shape index (κ3) is 2.45. The van der Waals surface area contributed by atoms with Crippen molar-refractivity contribution in [1.82, 2.24) is 5.32 Å². The van der Waals surface area contributed by atoms with Crippen molar-refractivity contribution in [3.8, 4) is 5.75 Å². The molecule has 1 saturated heterocycles. The van der Waals surface area contributed by atoms with E-state index in [1.807, 2.05) is 6.92 Å². The number of nitrogens with zero attached hydrogens (tertiary/aromatic N) is 1. The first kappa shape index (κ1) is 14.7. The van der Waals surface area contributed by atoms with E-state index in [2.05, 4.69) is 5.32 Å². The molecule has 2 atom stereocenters. The van der Waals surface area contributed by atoms with Crippen LogP contribution >= 0.6 is 11.6 Å². The smallest absolute Gasteiger partial charge is 0.250 e. The van der Waals surface area contributed by atoms with Crippen molar-refractivity contribution in [2.75, 3.05) is 12.0 Å². The highest BCUT2D eigenvalue weighted by Gasteiger charge is 2.39. The number of hydrogen-bond acceptors (Lipinski definition) is 3. The summed E-state index contributed by atoms with van der Waals surface area (Å²) >= 11 is 6.19. The first-order valence-corrected chi connectivity index (χ1v) is 6.84. The van der Waals surface area contributed by atoms with Crippen LogP contribution in [-0.4, -0.2) is 31.0 Å². The average Bonchev–Trinajstić information content (AvgIpc) is 2.43. The Labute approximate surface area is 122 Å². The molecule has 1 aromatic rings. The van der Waals surface area contributed by atoms with E-state index >= 15 is 0 Å². The molecule has 20 heavy (non-hydrogen) atoms. The van der Waals surface area contributed by atoms with Crippen LogP contribution in [0.25, 0.3) is 0 Å². The second kappa shape index (κ2) is 5.71. The number of nitrogens with one attached hydrogen (secondary N) is 1. The zero-order valence-corrected chi connectivity index (χ0v) is 12.4. The van der Waals surface area contributed by atoms with Crippen molar-refractivity contribution in [3.05, 3.63) is 23.2 Å². The lowest BCUT2D eigenvalue weighted by Gasteiger charge is -2.38. The molecule has 5 nitrogen and oxygen atoms in total. The van der Waals surface area contributed by atoms with E-state index in [-0.39, 0.29) is 11.8 Å². The van der Waals surface area contributed by atoms with Crippen LogP contribution in [0, 0.1) is 0 Å². The minimum atomic E-state index is -0.562. The van der Waals surface area contributed by atoms with Crippen molar-refractivity contribution in [2.24, 2.45) is 0 Å². The van der Waals surface area contributed by atoms with Crippen LogP contribution in [0.4, 0.5) is 5.69 Å². The number of anilines is 1. The minimum Gasteiger partial charge on any atom is -0.497 e. The van der Waals surface area contributed by atoms with Crippen LogP contribution in [0.2, 0.25) is 5.02 Å². The molecule has 1 aliphatic heterocycles. The quantitative estimate of drug-likeness (QED) is 0.928. The molecular formula is C14H17ClN2O3. The Morgan fingerprint density at radius 3 is 2.70 bits per heavy atom. The third-order valence-corrected chi connectivity index (χ3v) is 3.70. The molecule has 108 valence electrons. The van der Waals surface area contributed by atoms with Crippen LogP contribution in [0.15, 0.2) is 18.2 Å². The highest BCUT2D eigenvalue weighted by molar-refractivity contribution is 6.34. The molecule has 1 aromatic carbocycles. The van der Waals surface area contributed by atoms with Crippen LogP contribution in [0.3, 0.4) is 0 Å². The molecule has 0 bridgehead atoms. The number of rotatable bonds is 3.